The summed E-state index contributed by atoms with van der Waals surface area (Å²) in [6.45, 7) is 12.3. The molecule has 3 aliphatic heterocycles. The summed E-state index contributed by atoms with van der Waals surface area (Å²) in [6.07, 6.45) is 1.95. The second-order valence-corrected chi connectivity index (χ2v) is 11.5. The minimum absolute atomic E-state index is 0.227. The van der Waals surface area contributed by atoms with E-state index in [1.807, 2.05) is 0 Å². The number of rotatable bonds is 5. The van der Waals surface area contributed by atoms with Crippen molar-refractivity contribution in [2.24, 2.45) is 0 Å². The van der Waals surface area contributed by atoms with Crippen LogP contribution in [0, 0.1) is 0 Å². The van der Waals surface area contributed by atoms with E-state index in [1.165, 1.54) is 33.5 Å². The van der Waals surface area contributed by atoms with Gasteiger partial charge >= 0.3 is 0 Å². The zero-order valence-electron chi connectivity index (χ0n) is 22.0. The molecule has 36 heavy (non-hydrogen) atoms. The molecule has 1 amide bonds. The number of hydrogen-bond donors (Lipinski definition) is 0. The largest absolute Gasteiger partial charge is 0.303 e. The molecule has 0 saturated carbocycles. The molecule has 3 aromatic carbocycles. The summed E-state index contributed by atoms with van der Waals surface area (Å²) in [7, 11) is 0. The van der Waals surface area contributed by atoms with Crippen molar-refractivity contribution in [2.45, 2.75) is 70.7 Å². The first-order valence-electron chi connectivity index (χ1n) is 13.5. The van der Waals surface area contributed by atoms with Gasteiger partial charge in [0.2, 0.25) is 0 Å². The van der Waals surface area contributed by atoms with Crippen molar-refractivity contribution in [3.8, 4) is 0 Å². The number of anilines is 1. The number of amides is 1. The second kappa shape index (κ2) is 8.57. The first-order valence-corrected chi connectivity index (χ1v) is 13.5. The Kier molecular flexibility index (Phi) is 5.58. The maximum Gasteiger partial charge on any atom is 0.268 e. The topological polar surface area (TPSA) is 26.8 Å². The summed E-state index contributed by atoms with van der Waals surface area (Å²) in [5, 5.41) is 0. The molecule has 3 aliphatic rings. The molecule has 6 rings (SSSR count). The molecule has 1 fully saturated rings. The van der Waals surface area contributed by atoms with Crippen LogP contribution in [-0.2, 0) is 30.0 Å². The van der Waals surface area contributed by atoms with Gasteiger partial charge in [-0.3, -0.25) is 14.6 Å². The average Bonchev–Trinajstić information content (AvgIpc) is 3.35. The lowest BCUT2D eigenvalue weighted by Crippen LogP contribution is -2.60. The van der Waals surface area contributed by atoms with E-state index in [9.17, 15) is 4.79 Å². The van der Waals surface area contributed by atoms with Crippen molar-refractivity contribution in [1.82, 2.24) is 9.80 Å². The van der Waals surface area contributed by atoms with Crippen LogP contribution in [0.2, 0.25) is 0 Å². The van der Waals surface area contributed by atoms with Gasteiger partial charge in [0.05, 0.1) is 5.69 Å². The fourth-order valence-electron chi connectivity index (χ4n) is 7.09. The van der Waals surface area contributed by atoms with Gasteiger partial charge < -0.3 is 4.90 Å². The molecular formula is C32H37N3O. The summed E-state index contributed by atoms with van der Waals surface area (Å²) in [5.41, 5.74) is 6.54. The maximum absolute atomic E-state index is 15.0. The van der Waals surface area contributed by atoms with Crippen LogP contribution in [0.15, 0.2) is 72.8 Å². The van der Waals surface area contributed by atoms with Crippen LogP contribution >= 0.6 is 0 Å². The molecular weight excluding hydrogens is 442 g/mol. The Balaban J connectivity index is 1.58. The molecule has 186 valence electrons. The van der Waals surface area contributed by atoms with Crippen LogP contribution < -0.4 is 4.90 Å². The molecule has 1 spiro atoms. The van der Waals surface area contributed by atoms with E-state index in [0.29, 0.717) is 5.92 Å². The number of hydrogen-bond acceptors (Lipinski definition) is 3. The predicted octanol–water partition coefficient (Wildman–Crippen LogP) is 6.05. The number of nitrogens with zero attached hydrogens (tertiary/aromatic N) is 3. The predicted molar refractivity (Wildman–Crippen MR) is 146 cm³/mol. The van der Waals surface area contributed by atoms with Crippen molar-refractivity contribution in [1.29, 1.82) is 0 Å². The van der Waals surface area contributed by atoms with Crippen molar-refractivity contribution in [3.05, 3.63) is 101 Å². The van der Waals surface area contributed by atoms with Gasteiger partial charge in [0.1, 0.15) is 0 Å². The molecule has 1 saturated heterocycles. The van der Waals surface area contributed by atoms with Gasteiger partial charge in [-0.25, -0.2) is 0 Å². The van der Waals surface area contributed by atoms with Gasteiger partial charge in [0, 0.05) is 37.3 Å². The summed E-state index contributed by atoms with van der Waals surface area (Å²) >= 11 is 0. The highest BCUT2D eigenvalue weighted by Gasteiger charge is 2.64. The highest BCUT2D eigenvalue weighted by atomic mass is 16.2. The molecule has 0 radical (unpaired) electrons. The first kappa shape index (κ1) is 23.4. The molecule has 0 bridgehead atoms. The first-order chi connectivity index (χ1) is 17.4. The molecule has 1 unspecified atom stereocenters. The number of benzene rings is 3. The van der Waals surface area contributed by atoms with E-state index in [-0.39, 0.29) is 11.4 Å². The van der Waals surface area contributed by atoms with Gasteiger partial charge in [-0.05, 0) is 60.9 Å². The fraction of sp³-hybridized carbons (Fsp3) is 0.406. The van der Waals surface area contributed by atoms with E-state index >= 15 is 0 Å². The van der Waals surface area contributed by atoms with Gasteiger partial charge in [-0.1, -0.05) is 80.6 Å². The number of carbonyl (C=O) groups excluding carboxylic acids is 1. The number of fused-ring (bicyclic) bond motifs is 1. The molecule has 0 aromatic heterocycles. The summed E-state index contributed by atoms with van der Waals surface area (Å²) in [4.78, 5) is 22.1. The average molecular weight is 480 g/mol. The van der Waals surface area contributed by atoms with Crippen LogP contribution in [0.4, 0.5) is 5.69 Å². The summed E-state index contributed by atoms with van der Waals surface area (Å²) in [6, 6.07) is 26.0. The third-order valence-electron chi connectivity index (χ3n) is 8.64. The van der Waals surface area contributed by atoms with E-state index in [2.05, 4.69) is 115 Å². The van der Waals surface area contributed by atoms with E-state index in [0.717, 1.165) is 39.0 Å². The minimum Gasteiger partial charge on any atom is -0.303 e. The molecule has 0 N–H and O–H groups in total. The van der Waals surface area contributed by atoms with Crippen molar-refractivity contribution < 1.29 is 4.79 Å². The van der Waals surface area contributed by atoms with E-state index < -0.39 is 5.66 Å². The SMILES string of the molecule is CCc1cc2c3c(c1)C1(C(=O)N3C(C)(C)CC2C)N(Cc2ccccc2)CCN1Cc1ccccc1. The van der Waals surface area contributed by atoms with Crippen LogP contribution in [0.3, 0.4) is 0 Å². The van der Waals surface area contributed by atoms with Crippen molar-refractivity contribution in [3.63, 3.8) is 0 Å². The van der Waals surface area contributed by atoms with Crippen LogP contribution in [0.5, 0.6) is 0 Å². The number of carbonyl (C=O) groups is 1. The minimum atomic E-state index is -0.789. The Bertz CT molecular complexity index is 1230. The van der Waals surface area contributed by atoms with Gasteiger partial charge in [-0.15, -0.1) is 0 Å². The maximum atomic E-state index is 15.0. The number of aryl methyl sites for hydroxylation is 1. The summed E-state index contributed by atoms with van der Waals surface area (Å²) < 4.78 is 0. The van der Waals surface area contributed by atoms with Gasteiger partial charge in [0.25, 0.3) is 5.91 Å². The molecule has 4 nitrogen and oxygen atoms in total. The van der Waals surface area contributed by atoms with Crippen LogP contribution in [0.25, 0.3) is 0 Å². The smallest absolute Gasteiger partial charge is 0.268 e. The zero-order chi connectivity index (χ0) is 25.1. The molecule has 0 aliphatic carbocycles. The highest BCUT2D eigenvalue weighted by Crippen LogP contribution is 2.57. The Hall–Kier alpha value is -2.95. The molecule has 1 atom stereocenters. The van der Waals surface area contributed by atoms with Crippen molar-refractivity contribution in [2.75, 3.05) is 18.0 Å². The highest BCUT2D eigenvalue weighted by molar-refractivity contribution is 6.10. The lowest BCUT2D eigenvalue weighted by Gasteiger charge is -2.45. The zero-order valence-corrected chi connectivity index (χ0v) is 22.0. The Morgan fingerprint density at radius 3 is 1.92 bits per heavy atom. The third-order valence-corrected chi connectivity index (χ3v) is 8.64. The Labute approximate surface area is 215 Å². The third kappa shape index (κ3) is 3.38. The lowest BCUT2D eigenvalue weighted by molar-refractivity contribution is -0.140. The monoisotopic (exact) mass is 479 g/mol. The fourth-order valence-corrected chi connectivity index (χ4v) is 7.09. The lowest BCUT2D eigenvalue weighted by atomic mass is 9.79. The van der Waals surface area contributed by atoms with E-state index in [4.69, 9.17) is 0 Å². The Morgan fingerprint density at radius 1 is 0.833 bits per heavy atom. The van der Waals surface area contributed by atoms with E-state index in [1.54, 1.807) is 0 Å². The van der Waals surface area contributed by atoms with Gasteiger partial charge in [0.15, 0.2) is 5.66 Å². The van der Waals surface area contributed by atoms with Crippen LogP contribution in [-0.4, -0.2) is 34.3 Å². The normalized spacial score (nSPS) is 22.4. The summed E-state index contributed by atoms with van der Waals surface area (Å²) in [5.74, 6) is 0.652. The van der Waals surface area contributed by atoms with Crippen LogP contribution in [0.1, 0.15) is 67.9 Å². The standard InChI is InChI=1S/C32H37N3O/c1-5-24-18-27-23(2)20-31(3,4)35-29(27)28(19-24)32(30(35)36)33(21-25-12-8-6-9-13-25)16-17-34(32)22-26-14-10-7-11-15-26/h6-15,18-19,23H,5,16-17,20-22H2,1-4H3. The second-order valence-electron chi connectivity index (χ2n) is 11.5. The van der Waals surface area contributed by atoms with Gasteiger partial charge in [-0.2, -0.15) is 0 Å². The Morgan fingerprint density at radius 2 is 1.39 bits per heavy atom. The quantitative estimate of drug-likeness (QED) is 0.446. The van der Waals surface area contributed by atoms with Crippen molar-refractivity contribution >= 4 is 11.6 Å². The molecule has 3 aromatic rings. The molecule has 4 heteroatoms. The molecule has 3 heterocycles.